The van der Waals surface area contributed by atoms with Crippen molar-refractivity contribution in [2.24, 2.45) is 0 Å². The van der Waals surface area contributed by atoms with Crippen LogP contribution in [0.2, 0.25) is 0 Å². The fourth-order valence-electron chi connectivity index (χ4n) is 2.72. The predicted octanol–water partition coefficient (Wildman–Crippen LogP) is 2.88. The Labute approximate surface area is 169 Å². The topological polar surface area (TPSA) is 73.7 Å². The number of rotatable bonds is 10. The van der Waals surface area contributed by atoms with E-state index in [-0.39, 0.29) is 18.0 Å². The summed E-state index contributed by atoms with van der Waals surface area (Å²) >= 11 is 1.45. The molecule has 3 rings (SSSR count). The van der Waals surface area contributed by atoms with Crippen molar-refractivity contribution in [3.05, 3.63) is 54.0 Å². The second-order valence-electron chi connectivity index (χ2n) is 5.99. The van der Waals surface area contributed by atoms with Gasteiger partial charge in [-0.05, 0) is 23.6 Å². The Morgan fingerprint density at radius 2 is 1.71 bits per heavy atom. The first-order chi connectivity index (χ1) is 13.6. The highest BCUT2D eigenvalue weighted by Crippen LogP contribution is 2.32. The van der Waals surface area contributed by atoms with Crippen molar-refractivity contribution < 1.29 is 17.9 Å². The maximum atomic E-state index is 13.5. The van der Waals surface area contributed by atoms with Crippen molar-refractivity contribution in [1.29, 1.82) is 0 Å². The van der Waals surface area contributed by atoms with Gasteiger partial charge in [0.25, 0.3) is 0 Å². The minimum Gasteiger partial charge on any atom is -0.383 e. The first kappa shape index (κ1) is 20.7. The number of nitrogens with zero attached hydrogens (tertiary/aromatic N) is 3. The van der Waals surface area contributed by atoms with Gasteiger partial charge in [0, 0.05) is 27.3 Å². The molecule has 2 heterocycles. The van der Waals surface area contributed by atoms with Crippen molar-refractivity contribution in [3.63, 3.8) is 0 Å². The van der Waals surface area contributed by atoms with E-state index in [2.05, 4.69) is 5.10 Å². The zero-order chi connectivity index (χ0) is 20.0. The maximum absolute atomic E-state index is 13.5. The van der Waals surface area contributed by atoms with Crippen LogP contribution >= 0.6 is 11.3 Å². The average Bonchev–Trinajstić information content (AvgIpc) is 3.38. The van der Waals surface area contributed by atoms with Gasteiger partial charge in [-0.3, -0.25) is 0 Å². The third-order valence-electron chi connectivity index (χ3n) is 4.16. The Balaban J connectivity index is 2.08. The minimum absolute atomic E-state index is 0.172. The number of benzene rings is 1. The van der Waals surface area contributed by atoms with Crippen molar-refractivity contribution in [2.45, 2.75) is 4.90 Å². The van der Waals surface area contributed by atoms with Crippen LogP contribution in [0.1, 0.15) is 0 Å². The molecular weight excluding hydrogens is 398 g/mol. The fraction of sp³-hybridized carbons (Fsp3) is 0.316. The van der Waals surface area contributed by atoms with Crippen LogP contribution in [0.3, 0.4) is 0 Å². The largest absolute Gasteiger partial charge is 0.383 e. The lowest BCUT2D eigenvalue weighted by atomic mass is 10.3. The van der Waals surface area contributed by atoms with Crippen LogP contribution in [0.25, 0.3) is 16.3 Å². The van der Waals surface area contributed by atoms with Crippen LogP contribution in [0.15, 0.2) is 58.9 Å². The standard InChI is InChI=1S/C19H23N3O4S2/c1-25-12-10-21(11-13-26-2)28(23,24)18-15-22(16-7-4-3-5-8-16)20-19(18)17-9-6-14-27-17/h3-9,14-15H,10-13H2,1-2H3. The zero-order valence-corrected chi connectivity index (χ0v) is 17.4. The average molecular weight is 422 g/mol. The van der Waals surface area contributed by atoms with Crippen molar-refractivity contribution in [3.8, 4) is 16.3 Å². The predicted molar refractivity (Wildman–Crippen MR) is 109 cm³/mol. The van der Waals surface area contributed by atoms with E-state index in [9.17, 15) is 8.42 Å². The van der Waals surface area contributed by atoms with E-state index in [4.69, 9.17) is 9.47 Å². The molecule has 0 radical (unpaired) electrons. The minimum atomic E-state index is -3.79. The molecule has 3 aromatic rings. The molecule has 0 aliphatic heterocycles. The molecule has 0 amide bonds. The van der Waals surface area contributed by atoms with Gasteiger partial charge in [-0.1, -0.05) is 24.3 Å². The monoisotopic (exact) mass is 421 g/mol. The van der Waals surface area contributed by atoms with Crippen LogP contribution in [-0.2, 0) is 19.5 Å². The highest BCUT2D eigenvalue weighted by Gasteiger charge is 2.30. The summed E-state index contributed by atoms with van der Waals surface area (Å²) in [5.41, 5.74) is 1.24. The summed E-state index contributed by atoms with van der Waals surface area (Å²) in [6.45, 7) is 1.07. The molecule has 0 atom stereocenters. The SMILES string of the molecule is COCCN(CCOC)S(=O)(=O)c1cn(-c2ccccc2)nc1-c1cccs1. The summed E-state index contributed by atoms with van der Waals surface area (Å²) in [7, 11) is -0.698. The summed E-state index contributed by atoms with van der Waals surface area (Å²) in [6, 6.07) is 13.2. The second-order valence-corrected chi connectivity index (χ2v) is 8.84. The second kappa shape index (κ2) is 9.44. The zero-order valence-electron chi connectivity index (χ0n) is 15.8. The fourth-order valence-corrected chi connectivity index (χ4v) is 5.05. The van der Waals surface area contributed by atoms with Gasteiger partial charge < -0.3 is 9.47 Å². The van der Waals surface area contributed by atoms with Gasteiger partial charge in [0.1, 0.15) is 10.6 Å². The highest BCUT2D eigenvalue weighted by molar-refractivity contribution is 7.89. The van der Waals surface area contributed by atoms with E-state index in [0.29, 0.717) is 18.9 Å². The molecule has 0 aliphatic carbocycles. The molecule has 0 aliphatic rings. The van der Waals surface area contributed by atoms with Gasteiger partial charge in [0.15, 0.2) is 0 Å². The summed E-state index contributed by atoms with van der Waals surface area (Å²) in [4.78, 5) is 0.970. The summed E-state index contributed by atoms with van der Waals surface area (Å²) in [5, 5.41) is 6.49. The number of hydrogen-bond acceptors (Lipinski definition) is 6. The normalized spacial score (nSPS) is 12.0. The molecule has 0 bridgehead atoms. The lowest BCUT2D eigenvalue weighted by Crippen LogP contribution is -2.36. The number of thiophene rings is 1. The van der Waals surface area contributed by atoms with Crippen LogP contribution in [0, 0.1) is 0 Å². The molecule has 2 aromatic heterocycles. The van der Waals surface area contributed by atoms with Crippen molar-refractivity contribution in [2.75, 3.05) is 40.5 Å². The number of hydrogen-bond donors (Lipinski definition) is 0. The lowest BCUT2D eigenvalue weighted by molar-refractivity contribution is 0.150. The molecule has 1 aromatic carbocycles. The molecule has 0 N–H and O–H groups in total. The number of methoxy groups -OCH3 is 2. The van der Waals surface area contributed by atoms with Crippen LogP contribution in [0.4, 0.5) is 0 Å². The summed E-state index contributed by atoms with van der Waals surface area (Å²) in [6.07, 6.45) is 1.58. The Bertz CT molecular complexity index is 962. The van der Waals surface area contributed by atoms with Gasteiger partial charge in [0.05, 0.1) is 30.0 Å². The van der Waals surface area contributed by atoms with Gasteiger partial charge in [-0.15, -0.1) is 11.3 Å². The van der Waals surface area contributed by atoms with E-state index in [1.54, 1.807) is 25.1 Å². The van der Waals surface area contributed by atoms with Gasteiger partial charge in [-0.25, -0.2) is 13.1 Å². The maximum Gasteiger partial charge on any atom is 0.247 e. The summed E-state index contributed by atoms with van der Waals surface area (Å²) in [5.74, 6) is 0. The first-order valence-corrected chi connectivity index (χ1v) is 11.1. The first-order valence-electron chi connectivity index (χ1n) is 8.75. The van der Waals surface area contributed by atoms with Gasteiger partial charge in [-0.2, -0.15) is 9.40 Å². The van der Waals surface area contributed by atoms with Gasteiger partial charge >= 0.3 is 0 Å². The van der Waals surface area contributed by atoms with E-state index >= 15 is 0 Å². The number of aromatic nitrogens is 2. The molecule has 0 saturated carbocycles. The van der Waals surface area contributed by atoms with E-state index in [1.807, 2.05) is 47.8 Å². The molecule has 28 heavy (non-hydrogen) atoms. The van der Waals surface area contributed by atoms with E-state index in [0.717, 1.165) is 10.6 Å². The number of para-hydroxylation sites is 1. The lowest BCUT2D eigenvalue weighted by Gasteiger charge is -2.21. The smallest absolute Gasteiger partial charge is 0.247 e. The molecule has 0 saturated heterocycles. The van der Waals surface area contributed by atoms with E-state index in [1.165, 1.54) is 15.6 Å². The van der Waals surface area contributed by atoms with Gasteiger partial charge in [0.2, 0.25) is 10.0 Å². The Morgan fingerprint density at radius 3 is 2.29 bits per heavy atom. The molecular formula is C19H23N3O4S2. The molecule has 7 nitrogen and oxygen atoms in total. The van der Waals surface area contributed by atoms with Crippen LogP contribution < -0.4 is 0 Å². The molecule has 0 spiro atoms. The third kappa shape index (κ3) is 4.50. The van der Waals surface area contributed by atoms with Crippen molar-refractivity contribution in [1.82, 2.24) is 14.1 Å². The summed E-state index contributed by atoms with van der Waals surface area (Å²) < 4.78 is 40.1. The molecule has 9 heteroatoms. The number of ether oxygens (including phenoxy) is 2. The molecule has 150 valence electrons. The Hall–Kier alpha value is -2.04. The Morgan fingerprint density at radius 1 is 1.04 bits per heavy atom. The molecule has 0 fully saturated rings. The molecule has 0 unspecified atom stereocenters. The quantitative estimate of drug-likeness (QED) is 0.503. The van der Waals surface area contributed by atoms with Crippen LogP contribution in [0.5, 0.6) is 0 Å². The van der Waals surface area contributed by atoms with Crippen molar-refractivity contribution >= 4 is 21.4 Å². The Kier molecular flexibility index (Phi) is 6.97. The third-order valence-corrected chi connectivity index (χ3v) is 6.94. The van der Waals surface area contributed by atoms with E-state index < -0.39 is 10.0 Å². The van der Waals surface area contributed by atoms with Crippen LogP contribution in [-0.4, -0.2) is 63.0 Å². The highest BCUT2D eigenvalue weighted by atomic mass is 32.2. The number of sulfonamides is 1.